The molecule has 1 aromatic carbocycles. The summed E-state index contributed by atoms with van der Waals surface area (Å²) in [5, 5.41) is 8.65. The van der Waals surface area contributed by atoms with Gasteiger partial charge >= 0.3 is 5.97 Å². The Morgan fingerprint density at radius 3 is 2.92 bits per heavy atom. The number of carbonyl (C=O) groups excluding carboxylic acids is 1. The number of amides is 1. The zero-order chi connectivity index (χ0) is 18.5. The molecule has 1 N–H and O–H groups in total. The number of nitrogens with zero attached hydrogens (tertiary/aromatic N) is 1. The van der Waals surface area contributed by atoms with Crippen LogP contribution in [0.3, 0.4) is 0 Å². The summed E-state index contributed by atoms with van der Waals surface area (Å²) < 4.78 is 6.27. The van der Waals surface area contributed by atoms with Crippen molar-refractivity contribution in [2.45, 2.75) is 25.7 Å². The molecule has 2 aliphatic heterocycles. The van der Waals surface area contributed by atoms with E-state index in [2.05, 4.69) is 0 Å². The fourth-order valence-electron chi connectivity index (χ4n) is 2.80. The average molecular weight is 389 g/mol. The largest absolute Gasteiger partial charge is 0.488 e. The van der Waals surface area contributed by atoms with Crippen LogP contribution in [0, 0.1) is 0 Å². The van der Waals surface area contributed by atoms with Crippen LogP contribution in [0.2, 0.25) is 0 Å². The Morgan fingerprint density at radius 2 is 2.12 bits per heavy atom. The molecule has 3 rings (SSSR count). The number of fused-ring (bicyclic) bond motifs is 1. The van der Waals surface area contributed by atoms with Gasteiger partial charge in [0.05, 0.1) is 4.91 Å². The van der Waals surface area contributed by atoms with E-state index in [0.717, 1.165) is 29.7 Å². The topological polar surface area (TPSA) is 66.8 Å². The molecular weight excluding hydrogens is 370 g/mol. The molecule has 0 radical (unpaired) electrons. The van der Waals surface area contributed by atoms with Gasteiger partial charge < -0.3 is 9.84 Å². The minimum Gasteiger partial charge on any atom is -0.488 e. The number of carboxylic acids is 1. The number of carboxylic acid groups (broad SMARTS) is 1. The van der Waals surface area contributed by atoms with Crippen molar-refractivity contribution in [2.24, 2.45) is 0 Å². The first-order valence-corrected chi connectivity index (χ1v) is 9.66. The summed E-state index contributed by atoms with van der Waals surface area (Å²) >= 11 is 6.63. The smallest absolute Gasteiger partial charge is 0.303 e. The van der Waals surface area contributed by atoms with Gasteiger partial charge in [-0.05, 0) is 36.6 Å². The summed E-state index contributed by atoms with van der Waals surface area (Å²) in [5.41, 5.74) is 1.93. The quantitative estimate of drug-likeness (QED) is 0.434. The number of thiocarbonyl (C=S) groups is 1. The zero-order valence-corrected chi connectivity index (χ0v) is 15.8. The van der Waals surface area contributed by atoms with E-state index in [1.165, 1.54) is 11.8 Å². The number of para-hydroxylation sites is 1. The van der Waals surface area contributed by atoms with Crippen molar-refractivity contribution in [3.63, 3.8) is 0 Å². The number of unbranched alkanes of at least 4 members (excludes halogenated alkanes) is 2. The van der Waals surface area contributed by atoms with E-state index < -0.39 is 5.97 Å². The third-order valence-electron chi connectivity index (χ3n) is 4.12. The molecule has 0 saturated carbocycles. The van der Waals surface area contributed by atoms with E-state index in [9.17, 15) is 9.59 Å². The predicted octanol–water partition coefficient (Wildman–Crippen LogP) is 3.85. The second-order valence-electron chi connectivity index (χ2n) is 6.08. The van der Waals surface area contributed by atoms with Gasteiger partial charge in [0.1, 0.15) is 16.7 Å². The lowest BCUT2D eigenvalue weighted by Gasteiger charge is -2.16. The Balaban J connectivity index is 1.61. The number of hydrogen-bond donors (Lipinski definition) is 1. The van der Waals surface area contributed by atoms with Gasteiger partial charge in [0.25, 0.3) is 5.91 Å². The van der Waals surface area contributed by atoms with Gasteiger partial charge in [-0.25, -0.2) is 0 Å². The molecule has 0 spiro atoms. The van der Waals surface area contributed by atoms with E-state index in [1.807, 2.05) is 36.4 Å². The van der Waals surface area contributed by atoms with Gasteiger partial charge in [-0.15, -0.1) is 0 Å². The van der Waals surface area contributed by atoms with Crippen LogP contribution in [0.1, 0.15) is 31.2 Å². The van der Waals surface area contributed by atoms with Crippen LogP contribution >= 0.6 is 24.0 Å². The van der Waals surface area contributed by atoms with E-state index in [-0.39, 0.29) is 12.3 Å². The molecule has 0 unspecified atom stereocenters. The third kappa shape index (κ3) is 4.53. The lowest BCUT2D eigenvalue weighted by Crippen LogP contribution is -2.29. The standard InChI is InChI=1S/C19H19NO4S2/c21-17(22)8-2-1-5-9-20-18(23)16(26-19(20)25)11-13-10-14-6-3-4-7-15(14)24-12-13/h3-4,6-7,10-11H,1-2,5,8-9,12H2,(H,21,22)/b16-11-. The summed E-state index contributed by atoms with van der Waals surface area (Å²) in [6, 6.07) is 7.78. The Kier molecular flexibility index (Phi) is 6.11. The number of rotatable bonds is 7. The van der Waals surface area contributed by atoms with E-state index >= 15 is 0 Å². The molecule has 26 heavy (non-hydrogen) atoms. The number of carbonyl (C=O) groups is 2. The maximum atomic E-state index is 12.6. The molecule has 0 aromatic heterocycles. The van der Waals surface area contributed by atoms with E-state index in [4.69, 9.17) is 22.1 Å². The van der Waals surface area contributed by atoms with Crippen LogP contribution in [0.15, 0.2) is 40.8 Å². The zero-order valence-electron chi connectivity index (χ0n) is 14.1. The van der Waals surface area contributed by atoms with Gasteiger partial charge in [-0.3, -0.25) is 14.5 Å². The Labute approximate surface area is 161 Å². The number of aliphatic carboxylic acids is 1. The monoisotopic (exact) mass is 389 g/mol. The molecular formula is C19H19NO4S2. The van der Waals surface area contributed by atoms with Gasteiger partial charge in [0.15, 0.2) is 0 Å². The molecule has 136 valence electrons. The highest BCUT2D eigenvalue weighted by atomic mass is 32.2. The molecule has 0 atom stereocenters. The van der Waals surface area contributed by atoms with E-state index in [1.54, 1.807) is 4.90 Å². The van der Waals surface area contributed by atoms with E-state index in [0.29, 0.717) is 28.8 Å². The molecule has 7 heteroatoms. The summed E-state index contributed by atoms with van der Waals surface area (Å²) in [5.74, 6) is -0.0281. The van der Waals surface area contributed by atoms with Gasteiger partial charge in [0, 0.05) is 18.5 Å². The summed E-state index contributed by atoms with van der Waals surface area (Å²) in [7, 11) is 0. The van der Waals surface area contributed by atoms with Crippen molar-refractivity contribution in [3.05, 3.63) is 46.4 Å². The highest BCUT2D eigenvalue weighted by Crippen LogP contribution is 2.34. The maximum absolute atomic E-state index is 12.6. The van der Waals surface area contributed by atoms with Crippen molar-refractivity contribution >= 4 is 46.3 Å². The SMILES string of the molecule is O=C(O)CCCCCN1C(=O)/C(=C/C2=Cc3ccccc3OC2)SC1=S. The Morgan fingerprint density at radius 1 is 1.31 bits per heavy atom. The summed E-state index contributed by atoms with van der Waals surface area (Å²) in [4.78, 5) is 25.3. The van der Waals surface area contributed by atoms with Crippen LogP contribution in [-0.2, 0) is 9.59 Å². The molecule has 2 heterocycles. The fourth-order valence-corrected chi connectivity index (χ4v) is 4.12. The number of benzene rings is 1. The first-order valence-electron chi connectivity index (χ1n) is 8.44. The van der Waals surface area contributed by atoms with Crippen LogP contribution in [-0.4, -0.2) is 39.4 Å². The normalized spacial score (nSPS) is 17.9. The third-order valence-corrected chi connectivity index (χ3v) is 5.49. The molecule has 1 saturated heterocycles. The molecule has 0 aliphatic carbocycles. The van der Waals surface area contributed by atoms with Crippen LogP contribution in [0.5, 0.6) is 5.75 Å². The van der Waals surface area contributed by atoms with Crippen LogP contribution < -0.4 is 4.74 Å². The van der Waals surface area contributed by atoms with Gasteiger partial charge in [-0.2, -0.15) is 0 Å². The Hall–Kier alpha value is -2.12. The van der Waals surface area contributed by atoms with Gasteiger partial charge in [0.2, 0.25) is 0 Å². The van der Waals surface area contributed by atoms with Crippen molar-refractivity contribution < 1.29 is 19.4 Å². The van der Waals surface area contributed by atoms with Crippen LogP contribution in [0.25, 0.3) is 6.08 Å². The first-order chi connectivity index (χ1) is 12.5. The lowest BCUT2D eigenvalue weighted by atomic mass is 10.1. The number of ether oxygens (including phenoxy) is 1. The minimum absolute atomic E-state index is 0.0852. The molecule has 1 amide bonds. The summed E-state index contributed by atoms with van der Waals surface area (Å²) in [6.45, 7) is 0.955. The van der Waals surface area contributed by atoms with Crippen molar-refractivity contribution in [1.29, 1.82) is 0 Å². The summed E-state index contributed by atoms with van der Waals surface area (Å²) in [6.07, 6.45) is 6.15. The highest BCUT2D eigenvalue weighted by Gasteiger charge is 2.31. The second kappa shape index (κ2) is 8.51. The molecule has 5 nitrogen and oxygen atoms in total. The molecule has 0 bridgehead atoms. The van der Waals surface area contributed by atoms with Crippen LogP contribution in [0.4, 0.5) is 0 Å². The number of thioether (sulfide) groups is 1. The van der Waals surface area contributed by atoms with Crippen molar-refractivity contribution in [3.8, 4) is 5.75 Å². The first kappa shape index (κ1) is 18.7. The second-order valence-corrected chi connectivity index (χ2v) is 7.76. The van der Waals surface area contributed by atoms with Gasteiger partial charge in [-0.1, -0.05) is 48.6 Å². The fraction of sp³-hybridized carbons (Fsp3) is 0.316. The molecule has 1 aromatic rings. The van der Waals surface area contributed by atoms with Crippen molar-refractivity contribution in [2.75, 3.05) is 13.2 Å². The predicted molar refractivity (Wildman–Crippen MR) is 106 cm³/mol. The highest BCUT2D eigenvalue weighted by molar-refractivity contribution is 8.26. The lowest BCUT2D eigenvalue weighted by molar-refractivity contribution is -0.137. The average Bonchev–Trinajstić information content (AvgIpc) is 2.88. The molecule has 1 fully saturated rings. The maximum Gasteiger partial charge on any atom is 0.303 e. The Bertz CT molecular complexity index is 800. The minimum atomic E-state index is -0.789. The van der Waals surface area contributed by atoms with Crippen molar-refractivity contribution in [1.82, 2.24) is 4.90 Å². The number of hydrogen-bond acceptors (Lipinski definition) is 5. The molecule has 2 aliphatic rings.